The van der Waals surface area contributed by atoms with Gasteiger partial charge in [0.2, 0.25) is 17.6 Å². The van der Waals surface area contributed by atoms with Crippen molar-refractivity contribution in [3.63, 3.8) is 0 Å². The van der Waals surface area contributed by atoms with Crippen molar-refractivity contribution in [3.8, 4) is 0 Å². The van der Waals surface area contributed by atoms with Crippen molar-refractivity contribution in [2.45, 2.75) is 12.1 Å². The molecular formula is C11H17N5O3. The van der Waals surface area contributed by atoms with E-state index in [9.17, 15) is 4.79 Å². The van der Waals surface area contributed by atoms with Crippen LogP contribution in [0, 0.1) is 0 Å². The molecule has 2 unspecified atom stereocenters. The number of nitrogens with zero attached hydrogens (tertiary/aromatic N) is 3. The summed E-state index contributed by atoms with van der Waals surface area (Å²) in [6, 6.07) is -0.125. The molecule has 1 aromatic heterocycles. The van der Waals surface area contributed by atoms with Crippen LogP contribution in [0.4, 0.5) is 0 Å². The van der Waals surface area contributed by atoms with Crippen LogP contribution in [0.3, 0.4) is 0 Å². The quantitative estimate of drug-likeness (QED) is 0.697. The van der Waals surface area contributed by atoms with Gasteiger partial charge >= 0.3 is 0 Å². The number of nitrogens with one attached hydrogen (secondary N) is 2. The molecule has 0 bridgehead atoms. The molecule has 2 N–H and O–H groups in total. The van der Waals surface area contributed by atoms with Crippen molar-refractivity contribution in [1.29, 1.82) is 0 Å². The number of carbonyl (C=O) groups excluding carboxylic acids is 1. The summed E-state index contributed by atoms with van der Waals surface area (Å²) in [7, 11) is 2.04. The maximum Gasteiger partial charge on any atom is 0.245 e. The average molecular weight is 267 g/mol. The third kappa shape index (κ3) is 2.75. The molecule has 1 amide bonds. The van der Waals surface area contributed by atoms with Crippen LogP contribution < -0.4 is 10.6 Å². The Morgan fingerprint density at radius 1 is 1.47 bits per heavy atom. The van der Waals surface area contributed by atoms with Crippen LogP contribution in [0.15, 0.2) is 4.52 Å². The van der Waals surface area contributed by atoms with Crippen molar-refractivity contribution < 1.29 is 14.1 Å². The van der Waals surface area contributed by atoms with Crippen molar-refractivity contribution in [2.75, 3.05) is 39.8 Å². The second kappa shape index (κ2) is 5.24. The van der Waals surface area contributed by atoms with Gasteiger partial charge in [0, 0.05) is 19.6 Å². The number of rotatable bonds is 2. The number of hydrogen-bond donors (Lipinski definition) is 2. The first-order valence-electron chi connectivity index (χ1n) is 6.36. The molecule has 3 rings (SSSR count). The smallest absolute Gasteiger partial charge is 0.245 e. The summed E-state index contributed by atoms with van der Waals surface area (Å²) in [5.74, 6) is 1.04. The van der Waals surface area contributed by atoms with Gasteiger partial charge < -0.3 is 19.5 Å². The number of amides is 1. The summed E-state index contributed by atoms with van der Waals surface area (Å²) in [5.41, 5.74) is 0. The number of hydrogen-bond acceptors (Lipinski definition) is 7. The molecule has 0 aromatic carbocycles. The molecule has 0 aliphatic carbocycles. The van der Waals surface area contributed by atoms with Crippen molar-refractivity contribution in [3.05, 3.63) is 11.7 Å². The lowest BCUT2D eigenvalue weighted by Gasteiger charge is -2.27. The Morgan fingerprint density at radius 2 is 2.37 bits per heavy atom. The second-order valence-corrected chi connectivity index (χ2v) is 4.85. The summed E-state index contributed by atoms with van der Waals surface area (Å²) in [6.07, 6.45) is -0.144. The number of carbonyl (C=O) groups is 1. The van der Waals surface area contributed by atoms with Gasteiger partial charge in [-0.1, -0.05) is 5.16 Å². The highest BCUT2D eigenvalue weighted by molar-refractivity contribution is 5.78. The first-order chi connectivity index (χ1) is 9.22. The van der Waals surface area contributed by atoms with E-state index in [1.165, 1.54) is 0 Å². The third-order valence-electron chi connectivity index (χ3n) is 3.33. The van der Waals surface area contributed by atoms with Gasteiger partial charge in [0.25, 0.3) is 0 Å². The molecule has 2 aliphatic rings. The minimum Gasteiger partial charge on any atom is -0.367 e. The van der Waals surface area contributed by atoms with Gasteiger partial charge in [-0.05, 0) is 7.05 Å². The van der Waals surface area contributed by atoms with Gasteiger partial charge in [-0.2, -0.15) is 4.98 Å². The second-order valence-electron chi connectivity index (χ2n) is 4.85. The van der Waals surface area contributed by atoms with Crippen LogP contribution in [-0.2, 0) is 9.53 Å². The predicted octanol–water partition coefficient (Wildman–Crippen LogP) is -1.17. The van der Waals surface area contributed by atoms with Crippen molar-refractivity contribution >= 4 is 5.91 Å². The lowest BCUT2D eigenvalue weighted by Crippen LogP contribution is -2.47. The number of aromatic nitrogens is 2. The van der Waals surface area contributed by atoms with Gasteiger partial charge in [-0.15, -0.1) is 0 Å². The molecule has 0 spiro atoms. The van der Waals surface area contributed by atoms with Crippen LogP contribution in [0.1, 0.15) is 23.9 Å². The molecule has 1 aromatic rings. The highest BCUT2D eigenvalue weighted by Gasteiger charge is 2.28. The predicted molar refractivity (Wildman–Crippen MR) is 64.2 cm³/mol. The highest BCUT2D eigenvalue weighted by atomic mass is 16.5. The summed E-state index contributed by atoms with van der Waals surface area (Å²) >= 11 is 0. The zero-order chi connectivity index (χ0) is 13.2. The largest absolute Gasteiger partial charge is 0.367 e. The SMILES string of the molecule is CN1CCOC(c2noc(C3CNC(=O)CN3)n2)C1. The van der Waals surface area contributed by atoms with Gasteiger partial charge in [0.1, 0.15) is 12.1 Å². The Kier molecular flexibility index (Phi) is 3.45. The van der Waals surface area contributed by atoms with E-state index in [2.05, 4.69) is 25.7 Å². The Hall–Kier alpha value is -1.51. The number of morpholine rings is 1. The van der Waals surface area contributed by atoms with Crippen LogP contribution in [0.25, 0.3) is 0 Å². The molecule has 8 nitrogen and oxygen atoms in total. The fourth-order valence-corrected chi connectivity index (χ4v) is 2.19. The third-order valence-corrected chi connectivity index (χ3v) is 3.33. The number of piperazine rings is 1. The average Bonchev–Trinajstić information content (AvgIpc) is 2.89. The van der Waals surface area contributed by atoms with E-state index in [1.54, 1.807) is 0 Å². The topological polar surface area (TPSA) is 92.5 Å². The standard InChI is InChI=1S/C11H17N5O3/c1-16-2-3-18-8(6-16)10-14-11(19-15-10)7-4-13-9(17)5-12-7/h7-8,12H,2-6H2,1H3,(H,13,17). The minimum absolute atomic E-state index is 0.0202. The molecule has 104 valence electrons. The molecule has 8 heteroatoms. The van der Waals surface area contributed by atoms with Gasteiger partial charge in [-0.25, -0.2) is 0 Å². The van der Waals surface area contributed by atoms with E-state index >= 15 is 0 Å². The maximum absolute atomic E-state index is 11.1. The van der Waals surface area contributed by atoms with E-state index in [0.717, 1.165) is 13.1 Å². The summed E-state index contributed by atoms with van der Waals surface area (Å²) < 4.78 is 10.9. The number of likely N-dealkylation sites (N-methyl/N-ethyl adjacent to an activating group) is 1. The van der Waals surface area contributed by atoms with Gasteiger partial charge in [0.05, 0.1) is 13.2 Å². The molecule has 2 aliphatic heterocycles. The Balaban J connectivity index is 1.67. The normalized spacial score (nSPS) is 29.2. The van der Waals surface area contributed by atoms with Crippen molar-refractivity contribution in [2.24, 2.45) is 0 Å². The van der Waals surface area contributed by atoms with Crippen LogP contribution in [-0.4, -0.2) is 60.8 Å². The highest BCUT2D eigenvalue weighted by Crippen LogP contribution is 2.20. The number of ether oxygens (including phenoxy) is 1. The maximum atomic E-state index is 11.1. The van der Waals surface area contributed by atoms with Gasteiger partial charge in [0.15, 0.2) is 0 Å². The molecule has 0 saturated carbocycles. The van der Waals surface area contributed by atoms with Crippen LogP contribution in [0.2, 0.25) is 0 Å². The van der Waals surface area contributed by atoms with E-state index in [4.69, 9.17) is 9.26 Å². The fourth-order valence-electron chi connectivity index (χ4n) is 2.19. The van der Waals surface area contributed by atoms with E-state index in [0.29, 0.717) is 24.9 Å². The van der Waals surface area contributed by atoms with Crippen molar-refractivity contribution in [1.82, 2.24) is 25.7 Å². The lowest BCUT2D eigenvalue weighted by molar-refractivity contribution is -0.121. The molecule has 19 heavy (non-hydrogen) atoms. The molecule has 0 radical (unpaired) electrons. The van der Waals surface area contributed by atoms with Crippen LogP contribution >= 0.6 is 0 Å². The van der Waals surface area contributed by atoms with E-state index < -0.39 is 0 Å². The summed E-state index contributed by atoms with van der Waals surface area (Å²) in [6.45, 7) is 3.07. The molecule has 2 saturated heterocycles. The zero-order valence-corrected chi connectivity index (χ0v) is 10.8. The first kappa shape index (κ1) is 12.5. The summed E-state index contributed by atoms with van der Waals surface area (Å²) in [4.78, 5) is 17.6. The lowest BCUT2D eigenvalue weighted by atomic mass is 10.2. The Labute approximate surface area is 110 Å². The van der Waals surface area contributed by atoms with E-state index in [1.807, 2.05) is 7.05 Å². The molecule has 2 atom stereocenters. The molecule has 3 heterocycles. The molecule has 2 fully saturated rings. The van der Waals surface area contributed by atoms with Crippen LogP contribution in [0.5, 0.6) is 0 Å². The zero-order valence-electron chi connectivity index (χ0n) is 10.8. The fraction of sp³-hybridized carbons (Fsp3) is 0.727. The summed E-state index contributed by atoms with van der Waals surface area (Å²) in [5, 5.41) is 9.79. The molecular weight excluding hydrogens is 250 g/mol. The minimum atomic E-state index is -0.144. The Morgan fingerprint density at radius 3 is 3.11 bits per heavy atom. The first-order valence-corrected chi connectivity index (χ1v) is 6.36. The van der Waals surface area contributed by atoms with Gasteiger partial charge in [-0.3, -0.25) is 10.1 Å². The monoisotopic (exact) mass is 267 g/mol. The Bertz CT molecular complexity index is 453. The van der Waals surface area contributed by atoms with E-state index in [-0.39, 0.29) is 24.6 Å².